The standard InChI is InChI=1S/C15H22BrNO3S/c1-15(2)8-4-3-5-14(15)17-21(19,20)13-7-6-11(10-18)9-12(13)16/h6-7,9,14,17-18H,3-5,8,10H2,1-2H3. The third-order valence-electron chi connectivity index (χ3n) is 4.27. The van der Waals surface area contributed by atoms with Gasteiger partial charge in [-0.15, -0.1) is 0 Å². The molecule has 2 N–H and O–H groups in total. The quantitative estimate of drug-likeness (QED) is 0.848. The van der Waals surface area contributed by atoms with E-state index in [0.29, 0.717) is 10.0 Å². The van der Waals surface area contributed by atoms with Gasteiger partial charge in [-0.2, -0.15) is 0 Å². The van der Waals surface area contributed by atoms with Crippen molar-refractivity contribution in [1.29, 1.82) is 0 Å². The molecule has 1 saturated carbocycles. The van der Waals surface area contributed by atoms with Crippen molar-refractivity contribution in [2.24, 2.45) is 5.41 Å². The van der Waals surface area contributed by atoms with Crippen molar-refractivity contribution in [3.05, 3.63) is 28.2 Å². The molecule has 1 fully saturated rings. The normalized spacial score (nSPS) is 22.2. The van der Waals surface area contributed by atoms with Crippen LogP contribution in [0.1, 0.15) is 45.1 Å². The summed E-state index contributed by atoms with van der Waals surface area (Å²) in [6.07, 6.45) is 4.12. The molecule has 0 amide bonds. The van der Waals surface area contributed by atoms with Gasteiger partial charge in [-0.25, -0.2) is 13.1 Å². The molecule has 1 aliphatic carbocycles. The molecule has 1 aromatic carbocycles. The van der Waals surface area contributed by atoms with Crippen LogP contribution in [-0.4, -0.2) is 19.6 Å². The highest BCUT2D eigenvalue weighted by atomic mass is 79.9. The van der Waals surface area contributed by atoms with E-state index in [-0.39, 0.29) is 23.0 Å². The Morgan fingerprint density at radius 3 is 2.67 bits per heavy atom. The fourth-order valence-corrected chi connectivity index (χ4v) is 5.39. The molecule has 1 atom stereocenters. The zero-order valence-electron chi connectivity index (χ0n) is 12.4. The second-order valence-corrected chi connectivity index (χ2v) is 8.87. The van der Waals surface area contributed by atoms with Gasteiger partial charge in [-0.05, 0) is 51.9 Å². The van der Waals surface area contributed by atoms with Gasteiger partial charge in [0.2, 0.25) is 10.0 Å². The maximum absolute atomic E-state index is 12.6. The van der Waals surface area contributed by atoms with Crippen molar-refractivity contribution in [3.63, 3.8) is 0 Å². The zero-order chi connectivity index (χ0) is 15.7. The minimum Gasteiger partial charge on any atom is -0.392 e. The number of nitrogens with one attached hydrogen (secondary N) is 1. The molecular formula is C15H22BrNO3S. The van der Waals surface area contributed by atoms with E-state index in [2.05, 4.69) is 34.5 Å². The first-order valence-corrected chi connectivity index (χ1v) is 9.45. The van der Waals surface area contributed by atoms with Crippen LogP contribution in [0, 0.1) is 5.41 Å². The van der Waals surface area contributed by atoms with Gasteiger partial charge in [0.1, 0.15) is 0 Å². The van der Waals surface area contributed by atoms with E-state index >= 15 is 0 Å². The summed E-state index contributed by atoms with van der Waals surface area (Å²) < 4.78 is 28.6. The fourth-order valence-electron chi connectivity index (χ4n) is 2.82. The Balaban J connectivity index is 2.26. The highest BCUT2D eigenvalue weighted by Crippen LogP contribution is 2.36. The summed E-state index contributed by atoms with van der Waals surface area (Å²) in [6, 6.07) is 4.76. The molecule has 1 aromatic rings. The van der Waals surface area contributed by atoms with Crippen LogP contribution >= 0.6 is 15.9 Å². The summed E-state index contributed by atoms with van der Waals surface area (Å²) in [4.78, 5) is 0.223. The van der Waals surface area contributed by atoms with E-state index in [1.807, 2.05) is 0 Å². The largest absolute Gasteiger partial charge is 0.392 e. The van der Waals surface area contributed by atoms with Crippen molar-refractivity contribution in [1.82, 2.24) is 4.72 Å². The Morgan fingerprint density at radius 1 is 1.38 bits per heavy atom. The van der Waals surface area contributed by atoms with Crippen LogP contribution in [0.15, 0.2) is 27.6 Å². The topological polar surface area (TPSA) is 66.4 Å². The lowest BCUT2D eigenvalue weighted by Crippen LogP contribution is -2.46. The molecule has 0 heterocycles. The summed E-state index contributed by atoms with van der Waals surface area (Å²) in [5, 5.41) is 9.10. The van der Waals surface area contributed by atoms with Gasteiger partial charge in [-0.3, -0.25) is 0 Å². The number of sulfonamides is 1. The number of rotatable bonds is 4. The molecule has 0 spiro atoms. The molecule has 1 unspecified atom stereocenters. The number of aliphatic hydroxyl groups is 1. The van der Waals surface area contributed by atoms with Crippen LogP contribution in [0.5, 0.6) is 0 Å². The Labute approximate surface area is 135 Å². The van der Waals surface area contributed by atoms with Crippen molar-refractivity contribution >= 4 is 26.0 Å². The summed E-state index contributed by atoms with van der Waals surface area (Å²) in [6.45, 7) is 4.12. The summed E-state index contributed by atoms with van der Waals surface area (Å²) in [5.41, 5.74) is 0.654. The number of aliphatic hydroxyl groups excluding tert-OH is 1. The summed E-state index contributed by atoms with van der Waals surface area (Å²) in [5.74, 6) is 0. The summed E-state index contributed by atoms with van der Waals surface area (Å²) >= 11 is 3.29. The lowest BCUT2D eigenvalue weighted by atomic mass is 9.74. The van der Waals surface area contributed by atoms with Crippen molar-refractivity contribution < 1.29 is 13.5 Å². The molecule has 0 bridgehead atoms. The fraction of sp³-hybridized carbons (Fsp3) is 0.600. The third-order valence-corrected chi connectivity index (χ3v) is 6.72. The Hall–Kier alpha value is -0.430. The molecule has 6 heteroatoms. The minimum absolute atomic E-state index is 0.0250. The molecular weight excluding hydrogens is 354 g/mol. The van der Waals surface area contributed by atoms with Crippen LogP contribution < -0.4 is 4.72 Å². The molecule has 4 nitrogen and oxygen atoms in total. The van der Waals surface area contributed by atoms with Gasteiger partial charge in [0.05, 0.1) is 11.5 Å². The van der Waals surface area contributed by atoms with Gasteiger partial charge in [0, 0.05) is 10.5 Å². The third kappa shape index (κ3) is 3.86. The predicted octanol–water partition coefficient (Wildman–Crippen LogP) is 3.19. The van der Waals surface area contributed by atoms with Crippen LogP contribution in [-0.2, 0) is 16.6 Å². The second-order valence-electron chi connectivity index (χ2n) is 6.33. The van der Waals surface area contributed by atoms with Crippen LogP contribution in [0.3, 0.4) is 0 Å². The number of hydrogen-bond acceptors (Lipinski definition) is 3. The first-order chi connectivity index (χ1) is 9.76. The minimum atomic E-state index is -3.57. The Morgan fingerprint density at radius 2 is 2.10 bits per heavy atom. The van der Waals surface area contributed by atoms with Crippen LogP contribution in [0.25, 0.3) is 0 Å². The van der Waals surface area contributed by atoms with E-state index in [1.54, 1.807) is 12.1 Å². The Bertz CT molecular complexity index is 613. The van der Waals surface area contributed by atoms with Crippen molar-refractivity contribution in [2.75, 3.05) is 0 Å². The number of hydrogen-bond donors (Lipinski definition) is 2. The molecule has 0 radical (unpaired) electrons. The molecule has 0 aromatic heterocycles. The lowest BCUT2D eigenvalue weighted by Gasteiger charge is -2.38. The van der Waals surface area contributed by atoms with E-state index < -0.39 is 10.0 Å². The second kappa shape index (κ2) is 6.36. The van der Waals surface area contributed by atoms with Gasteiger partial charge in [0.15, 0.2) is 0 Å². The van der Waals surface area contributed by atoms with Gasteiger partial charge >= 0.3 is 0 Å². The predicted molar refractivity (Wildman–Crippen MR) is 86.4 cm³/mol. The first-order valence-electron chi connectivity index (χ1n) is 7.18. The highest BCUT2D eigenvalue weighted by Gasteiger charge is 2.35. The van der Waals surface area contributed by atoms with E-state index in [9.17, 15) is 8.42 Å². The Kier molecular flexibility index (Phi) is 5.13. The van der Waals surface area contributed by atoms with Crippen LogP contribution in [0.4, 0.5) is 0 Å². The molecule has 2 rings (SSSR count). The molecule has 118 valence electrons. The zero-order valence-corrected chi connectivity index (χ0v) is 14.8. The average Bonchev–Trinajstić information content (AvgIpc) is 2.40. The van der Waals surface area contributed by atoms with E-state index in [0.717, 1.165) is 25.7 Å². The number of benzene rings is 1. The van der Waals surface area contributed by atoms with Crippen molar-refractivity contribution in [3.8, 4) is 0 Å². The van der Waals surface area contributed by atoms with Gasteiger partial charge in [-0.1, -0.05) is 32.8 Å². The molecule has 1 aliphatic rings. The maximum atomic E-state index is 12.6. The van der Waals surface area contributed by atoms with Gasteiger partial charge in [0.25, 0.3) is 0 Å². The first kappa shape index (κ1) is 16.9. The average molecular weight is 376 g/mol. The van der Waals surface area contributed by atoms with E-state index in [4.69, 9.17) is 5.11 Å². The molecule has 0 aliphatic heterocycles. The van der Waals surface area contributed by atoms with Crippen molar-refractivity contribution in [2.45, 2.75) is 57.1 Å². The summed E-state index contributed by atoms with van der Waals surface area (Å²) in [7, 11) is -3.57. The van der Waals surface area contributed by atoms with Crippen LogP contribution in [0.2, 0.25) is 0 Å². The number of halogens is 1. The molecule has 0 saturated heterocycles. The van der Waals surface area contributed by atoms with Gasteiger partial charge < -0.3 is 5.11 Å². The maximum Gasteiger partial charge on any atom is 0.241 e. The monoisotopic (exact) mass is 375 g/mol. The molecule has 21 heavy (non-hydrogen) atoms. The lowest BCUT2D eigenvalue weighted by molar-refractivity contribution is 0.188. The SMILES string of the molecule is CC1(C)CCCCC1NS(=O)(=O)c1ccc(CO)cc1Br. The smallest absolute Gasteiger partial charge is 0.241 e. The highest BCUT2D eigenvalue weighted by molar-refractivity contribution is 9.10. The van der Waals surface area contributed by atoms with E-state index in [1.165, 1.54) is 6.07 Å².